The molecule has 1 N–H and O–H groups in total. The van der Waals surface area contributed by atoms with Gasteiger partial charge in [-0.05, 0) is 37.6 Å². The summed E-state index contributed by atoms with van der Waals surface area (Å²) in [5.41, 5.74) is 0.837. The second kappa shape index (κ2) is 6.50. The van der Waals surface area contributed by atoms with Gasteiger partial charge in [-0.15, -0.1) is 11.3 Å². The number of nitrogens with one attached hydrogen (secondary N) is 1. The van der Waals surface area contributed by atoms with Crippen molar-refractivity contribution in [3.05, 3.63) is 52.7 Å². The van der Waals surface area contributed by atoms with Gasteiger partial charge >= 0.3 is 0 Å². The first-order valence-electron chi connectivity index (χ1n) is 6.25. The molecule has 1 atom stereocenters. The molecule has 0 aliphatic heterocycles. The van der Waals surface area contributed by atoms with E-state index in [0.29, 0.717) is 0 Å². The maximum absolute atomic E-state index is 12.1. The van der Waals surface area contributed by atoms with E-state index in [1.54, 1.807) is 11.3 Å². The molecule has 0 aliphatic rings. The maximum atomic E-state index is 12.1. The number of carbonyl (C=O) groups excluding carboxylic acids is 1. The van der Waals surface area contributed by atoms with E-state index < -0.39 is 0 Å². The second-order valence-electron chi connectivity index (χ2n) is 4.53. The summed E-state index contributed by atoms with van der Waals surface area (Å²) >= 11 is 1.71. The number of benzene rings is 1. The van der Waals surface area contributed by atoms with E-state index in [1.807, 2.05) is 55.3 Å². The molecule has 0 aliphatic carbocycles. The van der Waals surface area contributed by atoms with Gasteiger partial charge in [0.05, 0.1) is 6.04 Å². The Balaban J connectivity index is 1.91. The van der Waals surface area contributed by atoms with Gasteiger partial charge in [-0.3, -0.25) is 9.69 Å². The third-order valence-electron chi connectivity index (χ3n) is 3.07. The van der Waals surface area contributed by atoms with Crippen LogP contribution < -0.4 is 5.32 Å². The molecular formula is C15H18N2OS. The van der Waals surface area contributed by atoms with E-state index in [2.05, 4.69) is 16.8 Å². The fourth-order valence-electron chi connectivity index (χ4n) is 1.75. The van der Waals surface area contributed by atoms with E-state index in [9.17, 15) is 4.79 Å². The highest BCUT2D eigenvalue weighted by Crippen LogP contribution is 2.13. The molecule has 19 heavy (non-hydrogen) atoms. The Hall–Kier alpha value is -1.65. The van der Waals surface area contributed by atoms with Crippen molar-refractivity contribution >= 4 is 22.9 Å². The highest BCUT2D eigenvalue weighted by Gasteiger charge is 2.18. The van der Waals surface area contributed by atoms with Crippen molar-refractivity contribution < 1.29 is 4.79 Å². The van der Waals surface area contributed by atoms with Gasteiger partial charge in [-0.2, -0.15) is 0 Å². The molecule has 0 spiro atoms. The molecule has 1 aromatic carbocycles. The predicted molar refractivity (Wildman–Crippen MR) is 80.3 cm³/mol. The summed E-state index contributed by atoms with van der Waals surface area (Å²) in [5.74, 6) is 0.0188. The number of anilines is 1. The average molecular weight is 274 g/mol. The molecule has 0 saturated carbocycles. The Morgan fingerprint density at radius 2 is 2.00 bits per heavy atom. The lowest BCUT2D eigenvalue weighted by Crippen LogP contribution is -2.39. The van der Waals surface area contributed by atoms with Gasteiger partial charge in [0.2, 0.25) is 5.91 Å². The van der Waals surface area contributed by atoms with Crippen molar-refractivity contribution in [3.8, 4) is 0 Å². The van der Waals surface area contributed by atoms with Gasteiger partial charge < -0.3 is 5.32 Å². The highest BCUT2D eigenvalue weighted by molar-refractivity contribution is 7.09. The summed E-state index contributed by atoms with van der Waals surface area (Å²) in [6.07, 6.45) is 0. The topological polar surface area (TPSA) is 32.3 Å². The number of carbonyl (C=O) groups is 1. The predicted octanol–water partition coefficient (Wildman–Crippen LogP) is 3.21. The van der Waals surface area contributed by atoms with Gasteiger partial charge in [0.25, 0.3) is 0 Å². The Morgan fingerprint density at radius 3 is 2.63 bits per heavy atom. The van der Waals surface area contributed by atoms with Crippen LogP contribution in [0.15, 0.2) is 47.8 Å². The number of thiophene rings is 1. The van der Waals surface area contributed by atoms with Crippen LogP contribution in [0, 0.1) is 0 Å². The molecule has 0 fully saturated rings. The highest BCUT2D eigenvalue weighted by atomic mass is 32.1. The first kappa shape index (κ1) is 13.8. The van der Waals surface area contributed by atoms with Crippen LogP contribution in [0.5, 0.6) is 0 Å². The van der Waals surface area contributed by atoms with Crippen molar-refractivity contribution in [2.75, 3.05) is 12.4 Å². The summed E-state index contributed by atoms with van der Waals surface area (Å²) in [5, 5.41) is 4.98. The molecule has 0 unspecified atom stereocenters. The van der Waals surface area contributed by atoms with Crippen LogP contribution in [0.3, 0.4) is 0 Å². The van der Waals surface area contributed by atoms with Gasteiger partial charge in [-0.25, -0.2) is 0 Å². The molecule has 3 nitrogen and oxygen atoms in total. The number of hydrogen-bond donors (Lipinski definition) is 1. The minimum atomic E-state index is -0.165. The molecule has 4 heteroatoms. The van der Waals surface area contributed by atoms with E-state index in [4.69, 9.17) is 0 Å². The number of nitrogens with zero attached hydrogens (tertiary/aromatic N) is 1. The molecule has 2 aromatic rings. The molecule has 100 valence electrons. The normalized spacial score (nSPS) is 12.4. The number of likely N-dealkylation sites (N-methyl/N-ethyl adjacent to an activating group) is 1. The van der Waals surface area contributed by atoms with E-state index in [1.165, 1.54) is 4.88 Å². The first-order chi connectivity index (χ1) is 9.16. The molecule has 0 radical (unpaired) electrons. The van der Waals surface area contributed by atoms with E-state index in [0.717, 1.165) is 12.2 Å². The number of rotatable bonds is 5. The van der Waals surface area contributed by atoms with Crippen LogP contribution in [-0.2, 0) is 11.3 Å². The van der Waals surface area contributed by atoms with Gasteiger partial charge in [0, 0.05) is 17.1 Å². The van der Waals surface area contributed by atoms with Gasteiger partial charge in [0.1, 0.15) is 0 Å². The maximum Gasteiger partial charge on any atom is 0.241 e. The lowest BCUT2D eigenvalue weighted by molar-refractivity contribution is -0.120. The van der Waals surface area contributed by atoms with Crippen molar-refractivity contribution in [1.29, 1.82) is 0 Å². The van der Waals surface area contributed by atoms with Crippen molar-refractivity contribution in [2.24, 2.45) is 0 Å². The lowest BCUT2D eigenvalue weighted by atomic mass is 10.2. The minimum absolute atomic E-state index is 0.0188. The van der Waals surface area contributed by atoms with Crippen LogP contribution in [0.4, 0.5) is 5.69 Å². The van der Waals surface area contributed by atoms with Crippen LogP contribution in [-0.4, -0.2) is 23.9 Å². The van der Waals surface area contributed by atoms with E-state index in [-0.39, 0.29) is 11.9 Å². The second-order valence-corrected chi connectivity index (χ2v) is 5.56. The molecule has 0 saturated heterocycles. The van der Waals surface area contributed by atoms with Crippen molar-refractivity contribution in [2.45, 2.75) is 19.5 Å². The number of para-hydroxylation sites is 1. The zero-order valence-corrected chi connectivity index (χ0v) is 12.0. The van der Waals surface area contributed by atoms with Crippen LogP contribution in [0.25, 0.3) is 0 Å². The molecule has 1 aromatic heterocycles. The molecule has 0 bridgehead atoms. The lowest BCUT2D eigenvalue weighted by Gasteiger charge is -2.23. The molecule has 2 rings (SSSR count). The standard InChI is InChI=1S/C15H18N2OS/c1-12(17(2)11-14-9-6-10-19-14)15(18)16-13-7-4-3-5-8-13/h3-10,12H,11H2,1-2H3,(H,16,18)/t12-/m1/s1. The summed E-state index contributed by atoms with van der Waals surface area (Å²) < 4.78 is 0. The van der Waals surface area contributed by atoms with Crippen molar-refractivity contribution in [3.63, 3.8) is 0 Å². The van der Waals surface area contributed by atoms with Crippen LogP contribution >= 0.6 is 11.3 Å². The largest absolute Gasteiger partial charge is 0.325 e. The summed E-state index contributed by atoms with van der Waals surface area (Å²) in [7, 11) is 1.97. The van der Waals surface area contributed by atoms with Crippen LogP contribution in [0.2, 0.25) is 0 Å². The van der Waals surface area contributed by atoms with Crippen molar-refractivity contribution in [1.82, 2.24) is 4.90 Å². The SMILES string of the molecule is C[C@H](C(=O)Nc1ccccc1)N(C)Cc1cccs1. The fraction of sp³-hybridized carbons (Fsp3) is 0.267. The molecule has 1 heterocycles. The molecular weight excluding hydrogens is 256 g/mol. The minimum Gasteiger partial charge on any atom is -0.325 e. The van der Waals surface area contributed by atoms with Crippen LogP contribution in [0.1, 0.15) is 11.8 Å². The number of hydrogen-bond acceptors (Lipinski definition) is 3. The zero-order valence-electron chi connectivity index (χ0n) is 11.2. The molecule has 1 amide bonds. The summed E-state index contributed by atoms with van der Waals surface area (Å²) in [6.45, 7) is 2.72. The Kier molecular flexibility index (Phi) is 4.71. The first-order valence-corrected chi connectivity index (χ1v) is 7.13. The monoisotopic (exact) mass is 274 g/mol. The van der Waals surface area contributed by atoms with Gasteiger partial charge in [-0.1, -0.05) is 24.3 Å². The Morgan fingerprint density at radius 1 is 1.26 bits per heavy atom. The third kappa shape index (κ3) is 3.91. The van der Waals surface area contributed by atoms with Gasteiger partial charge in [0.15, 0.2) is 0 Å². The third-order valence-corrected chi connectivity index (χ3v) is 3.93. The Bertz CT molecular complexity index is 510. The Labute approximate surface area is 117 Å². The summed E-state index contributed by atoms with van der Waals surface area (Å²) in [6, 6.07) is 13.5. The smallest absolute Gasteiger partial charge is 0.241 e. The average Bonchev–Trinajstić information content (AvgIpc) is 2.91. The van der Waals surface area contributed by atoms with E-state index >= 15 is 0 Å². The fourth-order valence-corrected chi connectivity index (χ4v) is 2.52. The summed E-state index contributed by atoms with van der Waals surface area (Å²) in [4.78, 5) is 15.4. The number of amides is 1. The zero-order chi connectivity index (χ0) is 13.7. The quantitative estimate of drug-likeness (QED) is 0.908.